The summed E-state index contributed by atoms with van der Waals surface area (Å²) in [4.78, 5) is 6.91. The number of fused-ring (bicyclic) bond motifs is 2. The van der Waals surface area contributed by atoms with Crippen molar-refractivity contribution in [3.05, 3.63) is 28.3 Å². The van der Waals surface area contributed by atoms with Crippen LogP contribution in [0, 0.1) is 11.8 Å². The van der Waals surface area contributed by atoms with Crippen LogP contribution in [0.2, 0.25) is 5.02 Å². The summed E-state index contributed by atoms with van der Waals surface area (Å²) in [6.07, 6.45) is 7.54. The van der Waals surface area contributed by atoms with Crippen LogP contribution in [0.3, 0.4) is 0 Å². The van der Waals surface area contributed by atoms with Gasteiger partial charge in [-0.3, -0.25) is 9.89 Å². The van der Waals surface area contributed by atoms with Crippen molar-refractivity contribution in [1.29, 1.82) is 0 Å². The Morgan fingerprint density at radius 1 is 1.21 bits per heavy atom. The highest BCUT2D eigenvalue weighted by molar-refractivity contribution is 6.32. The number of hydrogen-bond acceptors (Lipinski definition) is 2. The molecular formula is C20H24ClN3. The van der Waals surface area contributed by atoms with Gasteiger partial charge in [-0.2, -0.15) is 0 Å². The van der Waals surface area contributed by atoms with Crippen LogP contribution in [-0.4, -0.2) is 37.4 Å². The molecule has 0 unspecified atom stereocenters. The molecule has 0 radical (unpaired) electrons. The number of piperidine rings is 1. The smallest absolute Gasteiger partial charge is 0.111 e. The average Bonchev–Trinajstić information content (AvgIpc) is 2.89. The maximum absolute atomic E-state index is 6.54. The van der Waals surface area contributed by atoms with E-state index in [1.807, 2.05) is 7.05 Å². The Morgan fingerprint density at radius 3 is 2.67 bits per heavy atom. The minimum Gasteiger partial charge on any atom is -0.343 e. The molecular weight excluding hydrogens is 318 g/mol. The first-order chi connectivity index (χ1) is 11.7. The van der Waals surface area contributed by atoms with Crippen LogP contribution < -0.4 is 5.32 Å². The Bertz CT molecular complexity index is 731. The highest BCUT2D eigenvalue weighted by Crippen LogP contribution is 2.52. The molecule has 3 nitrogen and oxygen atoms in total. The third-order valence-corrected chi connectivity index (χ3v) is 6.05. The number of hydrogen-bond donors (Lipinski definition) is 1. The fraction of sp³-hybridized carbons (Fsp3) is 0.550. The molecule has 0 atom stereocenters. The second kappa shape index (κ2) is 6.43. The van der Waals surface area contributed by atoms with E-state index in [0.29, 0.717) is 0 Å². The van der Waals surface area contributed by atoms with Crippen LogP contribution in [0.5, 0.6) is 0 Å². The van der Waals surface area contributed by atoms with Crippen LogP contribution in [-0.2, 0) is 5.41 Å². The lowest BCUT2D eigenvalue weighted by Crippen LogP contribution is -2.41. The maximum atomic E-state index is 6.54. The van der Waals surface area contributed by atoms with E-state index in [1.54, 1.807) is 0 Å². The molecule has 1 aliphatic carbocycles. The molecule has 1 spiro atoms. The molecule has 0 aromatic heterocycles. The quantitative estimate of drug-likeness (QED) is 0.780. The van der Waals surface area contributed by atoms with Gasteiger partial charge in [0, 0.05) is 18.3 Å². The number of anilines is 1. The Hall–Kier alpha value is -1.50. The fourth-order valence-electron chi connectivity index (χ4n) is 4.21. The standard InChI is InChI=1S/C20H24ClN3/c1-22-19-20(8-6-9-20)16-14-17(21)15(13-18(16)23-19)7-5-12-24-10-3-2-4-11-24/h13-14H,2-4,6,8-12H2,1H3,(H,22,23). The molecule has 3 aliphatic rings. The number of aliphatic imine (C=N–C) groups is 1. The minimum atomic E-state index is 0.0908. The van der Waals surface area contributed by atoms with Gasteiger partial charge in [0.05, 0.1) is 17.0 Å². The molecule has 0 bridgehead atoms. The summed E-state index contributed by atoms with van der Waals surface area (Å²) in [7, 11) is 1.87. The lowest BCUT2D eigenvalue weighted by Gasteiger charge is -2.38. The predicted molar refractivity (Wildman–Crippen MR) is 101 cm³/mol. The summed E-state index contributed by atoms with van der Waals surface area (Å²) in [5.41, 5.74) is 3.46. The zero-order valence-corrected chi connectivity index (χ0v) is 15.0. The molecule has 2 heterocycles. The van der Waals surface area contributed by atoms with Crippen molar-refractivity contribution in [3.63, 3.8) is 0 Å². The molecule has 4 rings (SSSR count). The Kier molecular flexibility index (Phi) is 4.28. The molecule has 1 aromatic rings. The first kappa shape index (κ1) is 16.0. The third kappa shape index (κ3) is 2.62. The van der Waals surface area contributed by atoms with E-state index in [9.17, 15) is 0 Å². The van der Waals surface area contributed by atoms with Crippen LogP contribution in [0.25, 0.3) is 0 Å². The zero-order valence-electron chi connectivity index (χ0n) is 14.3. The van der Waals surface area contributed by atoms with Crippen molar-refractivity contribution in [2.24, 2.45) is 4.99 Å². The highest BCUT2D eigenvalue weighted by atomic mass is 35.5. The van der Waals surface area contributed by atoms with Gasteiger partial charge < -0.3 is 5.32 Å². The summed E-state index contributed by atoms with van der Waals surface area (Å²) in [6, 6.07) is 4.23. The molecule has 1 saturated carbocycles. The SMILES string of the molecule is CN=C1Nc2cc(C#CCN3CCCCC3)c(Cl)cc2C12CCC2. The van der Waals surface area contributed by atoms with Crippen LogP contribution in [0.4, 0.5) is 5.69 Å². The van der Waals surface area contributed by atoms with Crippen molar-refractivity contribution in [3.8, 4) is 11.8 Å². The molecule has 0 amide bonds. The van der Waals surface area contributed by atoms with Crippen molar-refractivity contribution >= 4 is 23.1 Å². The molecule has 2 aliphatic heterocycles. The first-order valence-electron chi connectivity index (χ1n) is 9.02. The first-order valence-corrected chi connectivity index (χ1v) is 9.40. The van der Waals surface area contributed by atoms with Crippen molar-refractivity contribution in [2.75, 3.05) is 32.0 Å². The van der Waals surface area contributed by atoms with Gasteiger partial charge in [0.25, 0.3) is 0 Å². The summed E-state index contributed by atoms with van der Waals surface area (Å²) >= 11 is 6.54. The van der Waals surface area contributed by atoms with E-state index in [0.717, 1.165) is 41.5 Å². The van der Waals surface area contributed by atoms with E-state index in [-0.39, 0.29) is 5.41 Å². The second-order valence-electron chi connectivity index (χ2n) is 7.15. The minimum absolute atomic E-state index is 0.0908. The van der Waals surface area contributed by atoms with E-state index in [4.69, 9.17) is 11.6 Å². The van der Waals surface area contributed by atoms with E-state index in [1.165, 1.54) is 44.3 Å². The molecule has 24 heavy (non-hydrogen) atoms. The normalized spacial score (nSPS) is 23.3. The number of nitrogens with one attached hydrogen (secondary N) is 1. The predicted octanol–water partition coefficient (Wildman–Crippen LogP) is 4.05. The zero-order chi connectivity index (χ0) is 16.6. The van der Waals surface area contributed by atoms with Gasteiger partial charge in [-0.15, -0.1) is 0 Å². The summed E-state index contributed by atoms with van der Waals surface area (Å²) in [5.74, 6) is 7.69. The number of halogens is 1. The van der Waals surface area contributed by atoms with Gasteiger partial charge >= 0.3 is 0 Å². The van der Waals surface area contributed by atoms with Crippen LogP contribution in [0.1, 0.15) is 49.7 Å². The summed E-state index contributed by atoms with van der Waals surface area (Å²) in [6.45, 7) is 3.19. The molecule has 1 aromatic carbocycles. The van der Waals surface area contributed by atoms with Gasteiger partial charge in [-0.1, -0.05) is 36.3 Å². The topological polar surface area (TPSA) is 27.6 Å². The molecule has 2 fully saturated rings. The molecule has 1 saturated heterocycles. The van der Waals surface area contributed by atoms with Crippen LogP contribution >= 0.6 is 11.6 Å². The van der Waals surface area contributed by atoms with Crippen LogP contribution in [0.15, 0.2) is 17.1 Å². The average molecular weight is 342 g/mol. The monoisotopic (exact) mass is 341 g/mol. The van der Waals surface area contributed by atoms with Gasteiger partial charge in [-0.25, -0.2) is 0 Å². The number of benzene rings is 1. The number of likely N-dealkylation sites (tertiary alicyclic amines) is 1. The largest absolute Gasteiger partial charge is 0.343 e. The highest BCUT2D eigenvalue weighted by Gasteiger charge is 2.49. The summed E-state index contributed by atoms with van der Waals surface area (Å²) in [5, 5.41) is 4.27. The van der Waals surface area contributed by atoms with E-state index in [2.05, 4.69) is 39.2 Å². The summed E-state index contributed by atoms with van der Waals surface area (Å²) < 4.78 is 0. The van der Waals surface area contributed by atoms with E-state index < -0.39 is 0 Å². The third-order valence-electron chi connectivity index (χ3n) is 5.73. The molecule has 126 valence electrons. The van der Waals surface area contributed by atoms with Gasteiger partial charge in [-0.05, 0) is 56.5 Å². The maximum Gasteiger partial charge on any atom is 0.111 e. The molecule has 1 N–H and O–H groups in total. The van der Waals surface area contributed by atoms with Gasteiger partial charge in [0.1, 0.15) is 5.84 Å². The number of amidine groups is 1. The molecule has 4 heteroatoms. The van der Waals surface area contributed by atoms with E-state index >= 15 is 0 Å². The fourth-order valence-corrected chi connectivity index (χ4v) is 4.42. The Morgan fingerprint density at radius 2 is 2.00 bits per heavy atom. The Balaban J connectivity index is 1.57. The lowest BCUT2D eigenvalue weighted by molar-refractivity contribution is 0.255. The van der Waals surface area contributed by atoms with Gasteiger partial charge in [0.2, 0.25) is 0 Å². The Labute approximate surface area is 149 Å². The second-order valence-corrected chi connectivity index (χ2v) is 7.56. The lowest BCUT2D eigenvalue weighted by atomic mass is 9.65. The van der Waals surface area contributed by atoms with Gasteiger partial charge in [0.15, 0.2) is 0 Å². The number of nitrogens with zero attached hydrogens (tertiary/aromatic N) is 2. The van der Waals surface area contributed by atoms with Crippen molar-refractivity contribution in [1.82, 2.24) is 4.90 Å². The van der Waals surface area contributed by atoms with Crippen molar-refractivity contribution in [2.45, 2.75) is 43.9 Å². The number of rotatable bonds is 1. The van der Waals surface area contributed by atoms with Crippen molar-refractivity contribution < 1.29 is 0 Å².